The molecule has 0 aromatic heterocycles. The zero-order valence-corrected chi connectivity index (χ0v) is 9.03. The molecule has 0 spiro atoms. The zero-order valence-electron chi connectivity index (χ0n) is 9.03. The number of ether oxygens (including phenoxy) is 1. The van der Waals surface area contributed by atoms with E-state index in [4.69, 9.17) is 10.5 Å². The van der Waals surface area contributed by atoms with E-state index >= 15 is 0 Å². The fraction of sp³-hybridized carbons (Fsp3) is 0.273. The maximum absolute atomic E-state index is 11.0. The third-order valence-electron chi connectivity index (χ3n) is 1.94. The van der Waals surface area contributed by atoms with Crippen molar-refractivity contribution in [2.45, 2.75) is 13.5 Å². The van der Waals surface area contributed by atoms with Crippen molar-refractivity contribution < 1.29 is 14.3 Å². The lowest BCUT2D eigenvalue weighted by atomic mass is 10.2. The summed E-state index contributed by atoms with van der Waals surface area (Å²) in [6.45, 7) is 2.64. The average molecular weight is 222 g/mol. The van der Waals surface area contributed by atoms with Gasteiger partial charge in [0.05, 0.1) is 6.61 Å². The van der Waals surface area contributed by atoms with E-state index in [1.807, 2.05) is 25.1 Å². The maximum Gasteiger partial charge on any atom is 0.309 e. The lowest BCUT2D eigenvalue weighted by molar-refractivity contribution is -0.137. The second kappa shape index (κ2) is 5.75. The summed E-state index contributed by atoms with van der Waals surface area (Å²) >= 11 is 0. The van der Waals surface area contributed by atoms with E-state index in [0.29, 0.717) is 12.4 Å². The molecule has 0 heterocycles. The number of carbonyl (C=O) groups is 2. The van der Waals surface area contributed by atoms with Crippen LogP contribution in [0.4, 0.5) is 0 Å². The summed E-state index contributed by atoms with van der Waals surface area (Å²) in [6, 6.07) is 7.28. The summed E-state index contributed by atoms with van der Waals surface area (Å²) in [7, 11) is 0. The molecule has 0 aliphatic rings. The highest BCUT2D eigenvalue weighted by molar-refractivity contribution is 6.34. The average Bonchev–Trinajstić information content (AvgIpc) is 2.27. The minimum Gasteiger partial charge on any atom is -0.494 e. The summed E-state index contributed by atoms with van der Waals surface area (Å²) in [5.74, 6) is -1.10. The minimum atomic E-state index is -0.992. The number of nitrogens with one attached hydrogen (secondary N) is 1. The Hall–Kier alpha value is -2.04. The molecular weight excluding hydrogens is 208 g/mol. The molecule has 0 bridgehead atoms. The number of amides is 2. The van der Waals surface area contributed by atoms with E-state index in [1.54, 1.807) is 6.07 Å². The van der Waals surface area contributed by atoms with Crippen molar-refractivity contribution in [3.8, 4) is 5.75 Å². The summed E-state index contributed by atoms with van der Waals surface area (Å²) in [5.41, 5.74) is 5.62. The quantitative estimate of drug-likeness (QED) is 0.713. The summed E-state index contributed by atoms with van der Waals surface area (Å²) in [4.78, 5) is 21.5. The molecule has 0 aliphatic heterocycles. The van der Waals surface area contributed by atoms with Gasteiger partial charge in [-0.1, -0.05) is 18.2 Å². The summed E-state index contributed by atoms with van der Waals surface area (Å²) < 4.78 is 5.36. The number of hydrogen-bond acceptors (Lipinski definition) is 3. The Balaban J connectivity index is 2.66. The molecule has 0 radical (unpaired) electrons. The van der Waals surface area contributed by atoms with Gasteiger partial charge in [-0.05, 0) is 13.0 Å². The lowest BCUT2D eigenvalue weighted by Gasteiger charge is -2.09. The van der Waals surface area contributed by atoms with Gasteiger partial charge in [0, 0.05) is 12.1 Å². The first-order chi connectivity index (χ1) is 7.65. The van der Waals surface area contributed by atoms with Crippen LogP contribution in [0.2, 0.25) is 0 Å². The Bertz CT molecular complexity index is 391. The van der Waals surface area contributed by atoms with E-state index in [0.717, 1.165) is 5.56 Å². The van der Waals surface area contributed by atoms with E-state index < -0.39 is 11.8 Å². The van der Waals surface area contributed by atoms with E-state index in [1.165, 1.54) is 0 Å². The number of rotatable bonds is 4. The molecule has 0 fully saturated rings. The van der Waals surface area contributed by atoms with Crippen LogP contribution in [0.5, 0.6) is 5.75 Å². The Morgan fingerprint density at radius 1 is 1.38 bits per heavy atom. The standard InChI is InChI=1S/C11H14N2O3/c1-2-16-9-6-4-3-5-8(9)7-13-11(15)10(12)14/h3-6H,2,7H2,1H3,(H2,12,14)(H,13,15). The van der Waals surface area contributed by atoms with Crippen molar-refractivity contribution in [3.05, 3.63) is 29.8 Å². The number of hydrogen-bond donors (Lipinski definition) is 2. The monoisotopic (exact) mass is 222 g/mol. The van der Waals surface area contributed by atoms with Gasteiger partial charge in [-0.25, -0.2) is 0 Å². The van der Waals surface area contributed by atoms with Crippen molar-refractivity contribution >= 4 is 11.8 Å². The molecule has 0 saturated heterocycles. The number of nitrogens with two attached hydrogens (primary N) is 1. The Morgan fingerprint density at radius 3 is 2.69 bits per heavy atom. The van der Waals surface area contributed by atoms with Gasteiger partial charge < -0.3 is 15.8 Å². The van der Waals surface area contributed by atoms with Gasteiger partial charge >= 0.3 is 11.8 Å². The minimum absolute atomic E-state index is 0.220. The second-order valence-electron chi connectivity index (χ2n) is 3.09. The number of benzene rings is 1. The van der Waals surface area contributed by atoms with Crippen molar-refractivity contribution in [3.63, 3.8) is 0 Å². The van der Waals surface area contributed by atoms with Crippen LogP contribution in [0.25, 0.3) is 0 Å². The number of para-hydroxylation sites is 1. The van der Waals surface area contributed by atoms with Gasteiger partial charge in [0.1, 0.15) is 5.75 Å². The first-order valence-corrected chi connectivity index (χ1v) is 4.93. The molecule has 5 nitrogen and oxygen atoms in total. The predicted octanol–water partition coefficient (Wildman–Crippen LogP) is 0.187. The van der Waals surface area contributed by atoms with Crippen LogP contribution in [-0.4, -0.2) is 18.4 Å². The van der Waals surface area contributed by atoms with Crippen LogP contribution in [-0.2, 0) is 16.1 Å². The van der Waals surface area contributed by atoms with Crippen molar-refractivity contribution in [1.29, 1.82) is 0 Å². The molecule has 5 heteroatoms. The molecule has 0 aliphatic carbocycles. The molecule has 0 atom stereocenters. The van der Waals surface area contributed by atoms with Crippen molar-refractivity contribution in [2.24, 2.45) is 5.73 Å². The second-order valence-corrected chi connectivity index (χ2v) is 3.09. The fourth-order valence-corrected chi connectivity index (χ4v) is 1.21. The van der Waals surface area contributed by atoms with Crippen molar-refractivity contribution in [1.82, 2.24) is 5.32 Å². The molecule has 1 aromatic carbocycles. The Morgan fingerprint density at radius 2 is 2.06 bits per heavy atom. The van der Waals surface area contributed by atoms with Gasteiger partial charge in [-0.3, -0.25) is 9.59 Å². The fourth-order valence-electron chi connectivity index (χ4n) is 1.21. The molecule has 1 rings (SSSR count). The molecule has 1 aromatic rings. The number of primary amides is 1. The lowest BCUT2D eigenvalue weighted by Crippen LogP contribution is -2.35. The molecule has 86 valence electrons. The Kier molecular flexibility index (Phi) is 4.32. The predicted molar refractivity (Wildman–Crippen MR) is 58.7 cm³/mol. The third kappa shape index (κ3) is 3.27. The highest BCUT2D eigenvalue weighted by atomic mass is 16.5. The third-order valence-corrected chi connectivity index (χ3v) is 1.94. The molecule has 0 unspecified atom stereocenters. The first kappa shape index (κ1) is 12.0. The summed E-state index contributed by atoms with van der Waals surface area (Å²) in [6.07, 6.45) is 0. The van der Waals surface area contributed by atoms with Crippen LogP contribution in [0.1, 0.15) is 12.5 Å². The largest absolute Gasteiger partial charge is 0.494 e. The molecule has 2 amide bonds. The van der Waals surface area contributed by atoms with Gasteiger partial charge in [0.25, 0.3) is 0 Å². The molecule has 3 N–H and O–H groups in total. The topological polar surface area (TPSA) is 81.4 Å². The SMILES string of the molecule is CCOc1ccccc1CNC(=O)C(N)=O. The summed E-state index contributed by atoms with van der Waals surface area (Å²) in [5, 5.41) is 2.40. The maximum atomic E-state index is 11.0. The van der Waals surface area contributed by atoms with Crippen LogP contribution in [0, 0.1) is 0 Å². The smallest absolute Gasteiger partial charge is 0.309 e. The number of carbonyl (C=O) groups excluding carboxylic acids is 2. The van der Waals surface area contributed by atoms with Gasteiger partial charge in [-0.15, -0.1) is 0 Å². The van der Waals surface area contributed by atoms with Crippen LogP contribution in [0.3, 0.4) is 0 Å². The van der Waals surface area contributed by atoms with E-state index in [2.05, 4.69) is 5.32 Å². The normalized spacial score (nSPS) is 9.56. The molecular formula is C11H14N2O3. The zero-order chi connectivity index (χ0) is 12.0. The van der Waals surface area contributed by atoms with Gasteiger partial charge in [0.2, 0.25) is 0 Å². The van der Waals surface area contributed by atoms with Gasteiger partial charge in [-0.2, -0.15) is 0 Å². The van der Waals surface area contributed by atoms with E-state index in [9.17, 15) is 9.59 Å². The van der Waals surface area contributed by atoms with Crippen LogP contribution >= 0.6 is 0 Å². The van der Waals surface area contributed by atoms with Gasteiger partial charge in [0.15, 0.2) is 0 Å². The van der Waals surface area contributed by atoms with Crippen LogP contribution in [0.15, 0.2) is 24.3 Å². The molecule has 16 heavy (non-hydrogen) atoms. The van der Waals surface area contributed by atoms with E-state index in [-0.39, 0.29) is 6.54 Å². The van der Waals surface area contributed by atoms with Crippen molar-refractivity contribution in [2.75, 3.05) is 6.61 Å². The highest BCUT2D eigenvalue weighted by Crippen LogP contribution is 2.17. The molecule has 0 saturated carbocycles. The first-order valence-electron chi connectivity index (χ1n) is 4.93. The van der Waals surface area contributed by atoms with Crippen LogP contribution < -0.4 is 15.8 Å². The Labute approximate surface area is 93.6 Å². The highest BCUT2D eigenvalue weighted by Gasteiger charge is 2.09.